The summed E-state index contributed by atoms with van der Waals surface area (Å²) in [5.74, 6) is 4.92. The van der Waals surface area contributed by atoms with Crippen molar-refractivity contribution in [1.29, 1.82) is 0 Å². The van der Waals surface area contributed by atoms with Gasteiger partial charge in [-0.05, 0) is 0 Å². The van der Waals surface area contributed by atoms with Crippen molar-refractivity contribution in [1.82, 2.24) is 3.86 Å². The first-order chi connectivity index (χ1) is 4.19. The van der Waals surface area contributed by atoms with Crippen LogP contribution >= 0.6 is 0 Å². The molecule has 0 heterocycles. The number of nitrogens with zero attached hydrogens (tertiary/aromatic N) is 1. The summed E-state index contributed by atoms with van der Waals surface area (Å²) in [7, 11) is 4.43. The van der Waals surface area contributed by atoms with Gasteiger partial charge in [-0.15, -0.1) is 0 Å². The van der Waals surface area contributed by atoms with Gasteiger partial charge in [0, 0.05) is 0 Å². The van der Waals surface area contributed by atoms with Gasteiger partial charge in [-0.1, -0.05) is 0 Å². The van der Waals surface area contributed by atoms with Crippen LogP contribution in [0.2, 0.25) is 15.8 Å². The molecule has 0 saturated heterocycles. The van der Waals surface area contributed by atoms with Gasteiger partial charge in [0.05, 0.1) is 0 Å². The van der Waals surface area contributed by atoms with Crippen molar-refractivity contribution in [2.75, 3.05) is 14.1 Å². The van der Waals surface area contributed by atoms with Crippen molar-refractivity contribution in [2.24, 2.45) is 0 Å². The van der Waals surface area contributed by atoms with Crippen LogP contribution in [0.5, 0.6) is 0 Å². The zero-order valence-electron chi connectivity index (χ0n) is 8.45. The SMILES string of the molecule is C[N](C)[Ge]([CH3])([CH3])[C](C)(C)C. The van der Waals surface area contributed by atoms with Crippen LogP contribution in [-0.4, -0.2) is 31.4 Å². The molecule has 0 saturated carbocycles. The van der Waals surface area contributed by atoms with Gasteiger partial charge in [0.2, 0.25) is 0 Å². The van der Waals surface area contributed by atoms with E-state index in [1.54, 1.807) is 0 Å². The van der Waals surface area contributed by atoms with Crippen LogP contribution in [0.25, 0.3) is 0 Å². The zero-order valence-corrected chi connectivity index (χ0v) is 10.5. The Morgan fingerprint density at radius 2 is 1.30 bits per heavy atom. The zero-order chi connectivity index (χ0) is 8.58. The maximum absolute atomic E-state index is 2.46. The average molecular weight is 204 g/mol. The molecule has 0 aromatic rings. The maximum atomic E-state index is 2.46. The van der Waals surface area contributed by atoms with Crippen LogP contribution in [0.3, 0.4) is 0 Å². The first-order valence-electron chi connectivity index (χ1n) is 3.87. The molecule has 10 heavy (non-hydrogen) atoms. The molecule has 0 aliphatic carbocycles. The second kappa shape index (κ2) is 2.86. The standard InChI is InChI=1S/C8H21GeN/c1-8(2,3)9(4,5)10(6)7/h1-7H3. The van der Waals surface area contributed by atoms with E-state index in [4.69, 9.17) is 0 Å². The molecule has 0 unspecified atom stereocenters. The third kappa shape index (κ3) is 1.99. The second-order valence-electron chi connectivity index (χ2n) is 4.70. The Labute approximate surface area is 68.4 Å². The van der Waals surface area contributed by atoms with Crippen molar-refractivity contribution < 1.29 is 0 Å². The Morgan fingerprint density at radius 1 is 1.00 bits per heavy atom. The average Bonchev–Trinajstić information content (AvgIpc) is 1.62. The fourth-order valence-corrected chi connectivity index (χ4v) is 3.49. The first kappa shape index (κ1) is 10.5. The number of rotatable bonds is 1. The van der Waals surface area contributed by atoms with E-state index >= 15 is 0 Å². The van der Waals surface area contributed by atoms with Gasteiger partial charge >= 0.3 is 68.0 Å². The molecule has 0 aromatic heterocycles. The van der Waals surface area contributed by atoms with Crippen LogP contribution < -0.4 is 0 Å². The molecule has 1 nitrogen and oxygen atoms in total. The summed E-state index contributed by atoms with van der Waals surface area (Å²) in [4.78, 5) is 0. The normalized spacial score (nSPS) is 14.4. The molecule has 0 atom stereocenters. The molecular weight excluding hydrogens is 183 g/mol. The molecule has 0 rings (SSSR count). The van der Waals surface area contributed by atoms with E-state index in [0.29, 0.717) is 4.25 Å². The first-order valence-corrected chi connectivity index (χ1v) is 10.1. The van der Waals surface area contributed by atoms with E-state index < -0.39 is 13.5 Å². The van der Waals surface area contributed by atoms with Crippen molar-refractivity contribution >= 4 is 13.5 Å². The van der Waals surface area contributed by atoms with Gasteiger partial charge in [0.25, 0.3) is 0 Å². The van der Waals surface area contributed by atoms with Crippen molar-refractivity contribution in [3.05, 3.63) is 0 Å². The predicted molar refractivity (Wildman–Crippen MR) is 50.9 cm³/mol. The predicted octanol–water partition coefficient (Wildman–Crippen LogP) is 2.55. The van der Waals surface area contributed by atoms with Gasteiger partial charge in [0.15, 0.2) is 0 Å². The second-order valence-corrected chi connectivity index (χ2v) is 16.3. The van der Waals surface area contributed by atoms with Gasteiger partial charge in [-0.3, -0.25) is 0 Å². The van der Waals surface area contributed by atoms with E-state index in [0.717, 1.165) is 0 Å². The molecule has 0 aromatic carbocycles. The summed E-state index contributed by atoms with van der Waals surface area (Å²) < 4.78 is 2.99. The molecule has 62 valence electrons. The molecule has 0 N–H and O–H groups in total. The monoisotopic (exact) mass is 205 g/mol. The number of hydrogen-bond acceptors (Lipinski definition) is 1. The Balaban J connectivity index is 4.40. The fourth-order valence-electron chi connectivity index (χ4n) is 0.671. The summed E-state index contributed by atoms with van der Waals surface area (Å²) in [5, 5.41) is 0. The molecule has 2 heteroatoms. The quantitative estimate of drug-likeness (QED) is 0.593. The third-order valence-corrected chi connectivity index (χ3v) is 15.3. The van der Waals surface area contributed by atoms with Crippen molar-refractivity contribution in [2.45, 2.75) is 36.5 Å². The van der Waals surface area contributed by atoms with Crippen LogP contribution in [0.4, 0.5) is 0 Å². The summed E-state index contributed by atoms with van der Waals surface area (Å²) in [5.41, 5.74) is 0. The van der Waals surface area contributed by atoms with Gasteiger partial charge in [0.1, 0.15) is 0 Å². The van der Waals surface area contributed by atoms with E-state index in [1.165, 1.54) is 0 Å². The summed E-state index contributed by atoms with van der Waals surface area (Å²) in [6.07, 6.45) is 0. The summed E-state index contributed by atoms with van der Waals surface area (Å²) in [6, 6.07) is 0. The Kier molecular flexibility index (Phi) is 3.00. The molecular formula is C8H21GeN. The van der Waals surface area contributed by atoms with Gasteiger partial charge < -0.3 is 0 Å². The molecule has 0 bridgehead atoms. The number of hydrogen-bond donors (Lipinski definition) is 0. The summed E-state index contributed by atoms with van der Waals surface area (Å²) >= 11 is -1.65. The Bertz CT molecular complexity index is 111. The fraction of sp³-hybridized carbons (Fsp3) is 1.00. The van der Waals surface area contributed by atoms with Gasteiger partial charge in [-0.2, -0.15) is 0 Å². The van der Waals surface area contributed by atoms with E-state index in [9.17, 15) is 0 Å². The molecule has 0 spiro atoms. The van der Waals surface area contributed by atoms with E-state index in [2.05, 4.69) is 50.2 Å². The van der Waals surface area contributed by atoms with Crippen molar-refractivity contribution in [3.63, 3.8) is 0 Å². The van der Waals surface area contributed by atoms with Crippen LogP contribution in [0.1, 0.15) is 20.8 Å². The Hall–Kier alpha value is 0.503. The topological polar surface area (TPSA) is 3.24 Å². The molecule has 0 amide bonds. The van der Waals surface area contributed by atoms with Crippen molar-refractivity contribution in [3.8, 4) is 0 Å². The van der Waals surface area contributed by atoms with Crippen LogP contribution in [0.15, 0.2) is 0 Å². The Morgan fingerprint density at radius 3 is 1.30 bits per heavy atom. The minimum absolute atomic E-state index is 0.531. The molecule has 0 aliphatic rings. The summed E-state index contributed by atoms with van der Waals surface area (Å²) in [6.45, 7) is 7.06. The van der Waals surface area contributed by atoms with E-state index in [1.807, 2.05) is 0 Å². The minimum atomic E-state index is -1.65. The third-order valence-electron chi connectivity index (χ3n) is 2.95. The molecule has 0 fully saturated rings. The van der Waals surface area contributed by atoms with E-state index in [-0.39, 0.29) is 0 Å². The molecule has 0 aliphatic heterocycles. The van der Waals surface area contributed by atoms with Gasteiger partial charge in [-0.25, -0.2) is 0 Å². The van der Waals surface area contributed by atoms with Crippen LogP contribution in [-0.2, 0) is 0 Å². The van der Waals surface area contributed by atoms with Crippen LogP contribution in [0, 0.1) is 0 Å². The molecule has 0 radical (unpaired) electrons.